The van der Waals surface area contributed by atoms with Crippen LogP contribution in [0.4, 0.5) is 11.4 Å². The van der Waals surface area contributed by atoms with Crippen molar-refractivity contribution in [3.63, 3.8) is 0 Å². The third-order valence-electron chi connectivity index (χ3n) is 4.53. The van der Waals surface area contributed by atoms with E-state index in [1.165, 1.54) is 24.3 Å². The summed E-state index contributed by atoms with van der Waals surface area (Å²) in [5, 5.41) is 0. The lowest BCUT2D eigenvalue weighted by Crippen LogP contribution is -2.40. The molecular formula is C19H20N2O4S. The quantitative estimate of drug-likeness (QED) is 0.836. The van der Waals surface area contributed by atoms with Crippen LogP contribution in [0.25, 0.3) is 0 Å². The van der Waals surface area contributed by atoms with Gasteiger partial charge in [0.1, 0.15) is 0 Å². The zero-order valence-electron chi connectivity index (χ0n) is 14.7. The number of rotatable bonds is 4. The SMILES string of the molecule is Cc1cccc(NS(=O)(=O)c2ccc(N3C(=O)CCCC3=O)cc2)c1C. The number of carbonyl (C=O) groups excluding carboxylic acids is 2. The normalized spacial score (nSPS) is 15.2. The number of hydrogen-bond acceptors (Lipinski definition) is 4. The molecule has 0 spiro atoms. The first-order valence-corrected chi connectivity index (χ1v) is 9.83. The Morgan fingerprint density at radius 3 is 2.15 bits per heavy atom. The fourth-order valence-corrected chi connectivity index (χ4v) is 4.00. The molecule has 1 aliphatic heterocycles. The van der Waals surface area contributed by atoms with E-state index in [0.717, 1.165) is 16.0 Å². The molecule has 0 bridgehead atoms. The summed E-state index contributed by atoms with van der Waals surface area (Å²) in [4.78, 5) is 25.1. The second kappa shape index (κ2) is 6.92. The number of nitrogens with one attached hydrogen (secondary N) is 1. The average Bonchev–Trinajstić information content (AvgIpc) is 2.59. The van der Waals surface area contributed by atoms with Gasteiger partial charge < -0.3 is 0 Å². The van der Waals surface area contributed by atoms with Crippen molar-refractivity contribution in [2.24, 2.45) is 0 Å². The molecular weight excluding hydrogens is 352 g/mol. The first kappa shape index (κ1) is 18.1. The van der Waals surface area contributed by atoms with Crippen LogP contribution in [0.5, 0.6) is 0 Å². The molecule has 2 aromatic rings. The average molecular weight is 372 g/mol. The van der Waals surface area contributed by atoms with E-state index in [1.807, 2.05) is 19.9 Å². The molecule has 1 fully saturated rings. The molecule has 6 nitrogen and oxygen atoms in total. The molecule has 3 rings (SSSR count). The number of hydrogen-bond donors (Lipinski definition) is 1. The lowest BCUT2D eigenvalue weighted by atomic mass is 10.1. The zero-order valence-corrected chi connectivity index (χ0v) is 15.5. The number of amides is 2. The minimum absolute atomic E-state index is 0.0686. The van der Waals surface area contributed by atoms with Crippen molar-refractivity contribution in [2.45, 2.75) is 38.0 Å². The Hall–Kier alpha value is -2.67. The van der Waals surface area contributed by atoms with E-state index in [1.54, 1.807) is 12.1 Å². The van der Waals surface area contributed by atoms with Crippen molar-refractivity contribution in [1.82, 2.24) is 0 Å². The largest absolute Gasteiger partial charge is 0.279 e. The highest BCUT2D eigenvalue weighted by atomic mass is 32.2. The van der Waals surface area contributed by atoms with Crippen LogP contribution in [-0.4, -0.2) is 20.2 Å². The predicted octanol–water partition coefficient (Wildman–Crippen LogP) is 3.15. The van der Waals surface area contributed by atoms with Crippen LogP contribution in [0.15, 0.2) is 47.4 Å². The van der Waals surface area contributed by atoms with Gasteiger partial charge in [-0.3, -0.25) is 19.2 Å². The molecule has 0 unspecified atom stereocenters. The lowest BCUT2D eigenvalue weighted by molar-refractivity contribution is -0.129. The highest BCUT2D eigenvalue weighted by molar-refractivity contribution is 7.92. The summed E-state index contributed by atoms with van der Waals surface area (Å²) >= 11 is 0. The second-order valence-electron chi connectivity index (χ2n) is 6.32. The van der Waals surface area contributed by atoms with Gasteiger partial charge in [0, 0.05) is 12.8 Å². The van der Waals surface area contributed by atoms with E-state index in [4.69, 9.17) is 0 Å². The fraction of sp³-hybridized carbons (Fsp3) is 0.263. The first-order chi connectivity index (χ1) is 12.3. The standard InChI is InChI=1S/C19H20N2O4S/c1-13-5-3-6-17(14(13)2)20-26(24,25)16-11-9-15(10-12-16)21-18(22)7-4-8-19(21)23/h3,5-6,9-12,20H,4,7-8H2,1-2H3. The van der Waals surface area contributed by atoms with E-state index < -0.39 is 10.0 Å². The van der Waals surface area contributed by atoms with E-state index in [0.29, 0.717) is 30.6 Å². The molecule has 136 valence electrons. The Morgan fingerprint density at radius 1 is 0.923 bits per heavy atom. The van der Waals surface area contributed by atoms with Crippen molar-refractivity contribution in [2.75, 3.05) is 9.62 Å². The van der Waals surface area contributed by atoms with Gasteiger partial charge in [0.05, 0.1) is 16.3 Å². The summed E-state index contributed by atoms with van der Waals surface area (Å²) in [6, 6.07) is 11.2. The maximum Gasteiger partial charge on any atom is 0.261 e. The molecule has 0 aromatic heterocycles. The molecule has 0 aliphatic carbocycles. The van der Waals surface area contributed by atoms with Crippen LogP contribution in [0.3, 0.4) is 0 Å². The predicted molar refractivity (Wildman–Crippen MR) is 99.5 cm³/mol. The summed E-state index contributed by atoms with van der Waals surface area (Å²) in [6.07, 6.45) is 1.19. The van der Waals surface area contributed by atoms with Crippen LogP contribution >= 0.6 is 0 Å². The van der Waals surface area contributed by atoms with E-state index >= 15 is 0 Å². The van der Waals surface area contributed by atoms with Crippen LogP contribution in [0.2, 0.25) is 0 Å². The minimum atomic E-state index is -3.77. The number of benzene rings is 2. The topological polar surface area (TPSA) is 83.6 Å². The Labute approximate surface area is 152 Å². The summed E-state index contributed by atoms with van der Waals surface area (Å²) in [5.41, 5.74) is 2.76. The van der Waals surface area contributed by atoms with E-state index in [9.17, 15) is 18.0 Å². The van der Waals surface area contributed by atoms with Gasteiger partial charge in [0.15, 0.2) is 0 Å². The van der Waals surface area contributed by atoms with Gasteiger partial charge in [-0.1, -0.05) is 12.1 Å². The summed E-state index contributed by atoms with van der Waals surface area (Å²) in [5.74, 6) is -0.518. The number of nitrogens with zero attached hydrogens (tertiary/aromatic N) is 1. The fourth-order valence-electron chi connectivity index (χ4n) is 2.88. The van der Waals surface area contributed by atoms with Crippen LogP contribution in [0.1, 0.15) is 30.4 Å². The summed E-state index contributed by atoms with van der Waals surface area (Å²) in [7, 11) is -3.77. The molecule has 1 saturated heterocycles. The number of sulfonamides is 1. The highest BCUT2D eigenvalue weighted by Gasteiger charge is 2.27. The van der Waals surface area contributed by atoms with Gasteiger partial charge in [0.2, 0.25) is 11.8 Å². The molecule has 26 heavy (non-hydrogen) atoms. The van der Waals surface area contributed by atoms with Crippen LogP contribution < -0.4 is 9.62 Å². The Balaban J connectivity index is 1.86. The maximum atomic E-state index is 12.6. The van der Waals surface area contributed by atoms with Crippen molar-refractivity contribution in [3.05, 3.63) is 53.6 Å². The Kier molecular flexibility index (Phi) is 4.82. The van der Waals surface area contributed by atoms with Crippen molar-refractivity contribution >= 4 is 33.2 Å². The first-order valence-electron chi connectivity index (χ1n) is 8.34. The Bertz CT molecular complexity index is 950. The third kappa shape index (κ3) is 3.48. The van der Waals surface area contributed by atoms with Crippen molar-refractivity contribution in [3.8, 4) is 0 Å². The van der Waals surface area contributed by atoms with E-state index in [2.05, 4.69) is 4.72 Å². The molecule has 1 aliphatic rings. The van der Waals surface area contributed by atoms with Gasteiger partial charge in [0.25, 0.3) is 10.0 Å². The van der Waals surface area contributed by atoms with Gasteiger partial charge in [-0.2, -0.15) is 0 Å². The van der Waals surface area contributed by atoms with Gasteiger partial charge in [-0.05, 0) is 61.7 Å². The molecule has 1 N–H and O–H groups in total. The highest BCUT2D eigenvalue weighted by Crippen LogP contribution is 2.26. The Morgan fingerprint density at radius 2 is 1.54 bits per heavy atom. The number of piperidine rings is 1. The zero-order chi connectivity index (χ0) is 18.9. The lowest BCUT2D eigenvalue weighted by Gasteiger charge is -2.25. The number of aryl methyl sites for hydroxylation is 1. The number of imide groups is 1. The smallest absolute Gasteiger partial charge is 0.261 e. The van der Waals surface area contributed by atoms with E-state index in [-0.39, 0.29) is 16.7 Å². The second-order valence-corrected chi connectivity index (χ2v) is 8.01. The summed E-state index contributed by atoms with van der Waals surface area (Å²) < 4.78 is 27.8. The van der Waals surface area contributed by atoms with Gasteiger partial charge in [-0.25, -0.2) is 8.42 Å². The number of carbonyl (C=O) groups is 2. The van der Waals surface area contributed by atoms with Gasteiger partial charge in [-0.15, -0.1) is 0 Å². The third-order valence-corrected chi connectivity index (χ3v) is 5.92. The molecule has 0 saturated carbocycles. The molecule has 0 atom stereocenters. The van der Waals surface area contributed by atoms with Crippen molar-refractivity contribution < 1.29 is 18.0 Å². The van der Waals surface area contributed by atoms with Gasteiger partial charge >= 0.3 is 0 Å². The molecule has 1 heterocycles. The van der Waals surface area contributed by atoms with Crippen LogP contribution in [-0.2, 0) is 19.6 Å². The molecule has 0 radical (unpaired) electrons. The van der Waals surface area contributed by atoms with Crippen LogP contribution in [0, 0.1) is 13.8 Å². The monoisotopic (exact) mass is 372 g/mol. The minimum Gasteiger partial charge on any atom is -0.279 e. The molecule has 2 amide bonds. The van der Waals surface area contributed by atoms with Crippen molar-refractivity contribution in [1.29, 1.82) is 0 Å². The summed E-state index contributed by atoms with van der Waals surface area (Å²) in [6.45, 7) is 3.76. The molecule has 7 heteroatoms. The maximum absolute atomic E-state index is 12.6. The molecule has 2 aromatic carbocycles. The number of anilines is 2.